The second-order valence-electron chi connectivity index (χ2n) is 9.50. The zero-order valence-electron chi connectivity index (χ0n) is 21.3. The van der Waals surface area contributed by atoms with Crippen molar-refractivity contribution in [3.05, 3.63) is 70.8 Å². The highest BCUT2D eigenvalue weighted by Gasteiger charge is 2.42. The summed E-state index contributed by atoms with van der Waals surface area (Å²) in [5.41, 5.74) is 4.31. The molecule has 2 aliphatic heterocycles. The van der Waals surface area contributed by atoms with Gasteiger partial charge in [0.1, 0.15) is 15.8 Å². The maximum Gasteiger partial charge on any atom is 0.266 e. The summed E-state index contributed by atoms with van der Waals surface area (Å²) in [5.74, 6) is 0.629. The molecule has 2 fully saturated rings. The highest BCUT2D eigenvalue weighted by molar-refractivity contribution is 8.26. The fraction of sp³-hybridized carbons (Fsp3) is 0.321. The van der Waals surface area contributed by atoms with E-state index in [1.165, 1.54) is 16.7 Å². The zero-order chi connectivity index (χ0) is 26.9. The van der Waals surface area contributed by atoms with Gasteiger partial charge in [0.25, 0.3) is 5.91 Å². The number of aromatic nitrogens is 2. The molecule has 0 bridgehead atoms. The van der Waals surface area contributed by atoms with Crippen molar-refractivity contribution < 1.29 is 17.9 Å². The van der Waals surface area contributed by atoms with Gasteiger partial charge in [-0.1, -0.05) is 55.5 Å². The third-order valence-corrected chi connectivity index (χ3v) is 9.73. The van der Waals surface area contributed by atoms with Crippen molar-refractivity contribution in [1.82, 2.24) is 14.7 Å². The Morgan fingerprint density at radius 1 is 1.21 bits per heavy atom. The number of hydrogen-bond acceptors (Lipinski definition) is 7. The first-order valence-corrected chi connectivity index (χ1v) is 15.7. The van der Waals surface area contributed by atoms with Crippen LogP contribution >= 0.6 is 24.0 Å². The van der Waals surface area contributed by atoms with Crippen LogP contribution < -0.4 is 4.74 Å². The Kier molecular flexibility index (Phi) is 7.74. The fourth-order valence-corrected chi connectivity index (χ4v) is 7.72. The van der Waals surface area contributed by atoms with Crippen molar-refractivity contribution in [1.29, 1.82) is 0 Å². The number of amides is 1. The number of rotatable bonds is 8. The van der Waals surface area contributed by atoms with Crippen LogP contribution in [0, 0.1) is 6.92 Å². The van der Waals surface area contributed by atoms with E-state index in [1.54, 1.807) is 4.68 Å². The summed E-state index contributed by atoms with van der Waals surface area (Å²) >= 11 is 6.71. The molecule has 2 aliphatic rings. The first-order valence-electron chi connectivity index (χ1n) is 12.6. The Bertz CT molecular complexity index is 1510. The van der Waals surface area contributed by atoms with Gasteiger partial charge in [-0.2, -0.15) is 5.10 Å². The van der Waals surface area contributed by atoms with E-state index in [4.69, 9.17) is 22.1 Å². The smallest absolute Gasteiger partial charge is 0.266 e. The third kappa shape index (κ3) is 5.57. The molecule has 0 radical (unpaired) electrons. The normalized spacial score (nSPS) is 20.0. The monoisotopic (exact) mass is 567 g/mol. The molecular formula is C28H29N3O4S3. The van der Waals surface area contributed by atoms with Crippen molar-refractivity contribution in [3.8, 4) is 22.7 Å². The van der Waals surface area contributed by atoms with E-state index in [0.717, 1.165) is 46.7 Å². The van der Waals surface area contributed by atoms with E-state index in [0.29, 0.717) is 22.3 Å². The summed E-state index contributed by atoms with van der Waals surface area (Å²) in [6, 6.07) is 15.4. The lowest BCUT2D eigenvalue weighted by Gasteiger charge is -2.20. The summed E-state index contributed by atoms with van der Waals surface area (Å²) in [4.78, 5) is 15.3. The molecule has 10 heteroatoms. The lowest BCUT2D eigenvalue weighted by Crippen LogP contribution is -2.39. The molecule has 1 amide bonds. The Labute approximate surface area is 232 Å². The predicted octanol–water partition coefficient (Wildman–Crippen LogP) is 5.41. The minimum atomic E-state index is -3.15. The molecule has 2 aromatic carbocycles. The van der Waals surface area contributed by atoms with E-state index in [1.807, 2.05) is 67.7 Å². The van der Waals surface area contributed by atoms with E-state index in [-0.39, 0.29) is 17.4 Å². The first-order chi connectivity index (χ1) is 18.3. The minimum absolute atomic E-state index is 0.0458. The number of thioether (sulfide) groups is 1. The van der Waals surface area contributed by atoms with Gasteiger partial charge in [0.15, 0.2) is 9.84 Å². The minimum Gasteiger partial charge on any atom is -0.493 e. The van der Waals surface area contributed by atoms with Gasteiger partial charge < -0.3 is 4.74 Å². The van der Waals surface area contributed by atoms with Gasteiger partial charge in [-0.25, -0.2) is 13.1 Å². The highest BCUT2D eigenvalue weighted by Crippen LogP contribution is 2.38. The molecular weight excluding hydrogens is 539 g/mol. The van der Waals surface area contributed by atoms with Crippen LogP contribution in [0.25, 0.3) is 23.0 Å². The molecule has 5 rings (SSSR count). The van der Waals surface area contributed by atoms with Crippen molar-refractivity contribution in [3.63, 3.8) is 0 Å². The fourth-order valence-electron chi connectivity index (χ4n) is 4.63. The van der Waals surface area contributed by atoms with Crippen molar-refractivity contribution >= 4 is 50.1 Å². The summed E-state index contributed by atoms with van der Waals surface area (Å²) in [7, 11) is -3.15. The predicted molar refractivity (Wildman–Crippen MR) is 156 cm³/mol. The maximum absolute atomic E-state index is 13.4. The van der Waals surface area contributed by atoms with Crippen LogP contribution in [0.3, 0.4) is 0 Å². The van der Waals surface area contributed by atoms with Gasteiger partial charge >= 0.3 is 0 Å². The number of nitrogens with zero attached hydrogens (tertiary/aromatic N) is 3. The molecule has 198 valence electrons. The van der Waals surface area contributed by atoms with Gasteiger partial charge in [-0.3, -0.25) is 9.69 Å². The number of sulfone groups is 1. The first kappa shape index (κ1) is 26.6. The topological polar surface area (TPSA) is 81.5 Å². The second kappa shape index (κ2) is 11.0. The molecule has 7 nitrogen and oxygen atoms in total. The van der Waals surface area contributed by atoms with E-state index in [2.05, 4.69) is 6.92 Å². The Morgan fingerprint density at radius 3 is 2.68 bits per heavy atom. The molecule has 0 saturated carbocycles. The maximum atomic E-state index is 13.4. The van der Waals surface area contributed by atoms with Crippen LogP contribution in [0.1, 0.15) is 37.3 Å². The lowest BCUT2D eigenvalue weighted by molar-refractivity contribution is -0.123. The number of thiocarbonyl (C=S) groups is 1. The summed E-state index contributed by atoms with van der Waals surface area (Å²) in [6.45, 7) is 4.82. The molecule has 0 spiro atoms. The van der Waals surface area contributed by atoms with Crippen LogP contribution in [-0.2, 0) is 14.6 Å². The van der Waals surface area contributed by atoms with Gasteiger partial charge in [-0.05, 0) is 61.7 Å². The number of carbonyl (C=O) groups is 1. The van der Waals surface area contributed by atoms with Crippen molar-refractivity contribution in [2.45, 2.75) is 39.2 Å². The summed E-state index contributed by atoms with van der Waals surface area (Å²) in [5, 5.41) is 4.88. The number of ether oxygens (including phenoxy) is 1. The second-order valence-corrected chi connectivity index (χ2v) is 13.4. The average Bonchev–Trinajstić information content (AvgIpc) is 3.55. The van der Waals surface area contributed by atoms with Crippen LogP contribution in [0.15, 0.2) is 59.6 Å². The van der Waals surface area contributed by atoms with Gasteiger partial charge in [-0.15, -0.1) is 0 Å². The van der Waals surface area contributed by atoms with Gasteiger partial charge in [0, 0.05) is 17.3 Å². The van der Waals surface area contributed by atoms with E-state index >= 15 is 0 Å². The van der Waals surface area contributed by atoms with E-state index < -0.39 is 15.9 Å². The quantitative estimate of drug-likeness (QED) is 0.204. The molecule has 0 aliphatic carbocycles. The number of hydrogen-bond donors (Lipinski definition) is 0. The Hall–Kier alpha value is -2.95. The number of benzene rings is 2. The largest absolute Gasteiger partial charge is 0.493 e. The Morgan fingerprint density at radius 2 is 2.00 bits per heavy atom. The van der Waals surface area contributed by atoms with Gasteiger partial charge in [0.05, 0.1) is 34.7 Å². The zero-order valence-corrected chi connectivity index (χ0v) is 23.7. The third-order valence-electron chi connectivity index (χ3n) is 6.65. The van der Waals surface area contributed by atoms with Crippen LogP contribution in [-0.4, -0.2) is 57.5 Å². The number of para-hydroxylation sites is 1. The number of aryl methyl sites for hydroxylation is 1. The van der Waals surface area contributed by atoms with Gasteiger partial charge in [0.2, 0.25) is 0 Å². The molecule has 2 saturated heterocycles. The van der Waals surface area contributed by atoms with Crippen molar-refractivity contribution in [2.75, 3.05) is 18.1 Å². The number of carbonyl (C=O) groups excluding carboxylic acids is 1. The molecule has 3 heterocycles. The standard InChI is InChI=1S/C28H29N3O4S3/c1-3-4-13-35-24-11-10-20(15-19(24)2)26-21(17-30(29-26)22-8-6-5-7-9-22)16-25-27(32)31(28(36)37-25)23-12-14-38(33,34)18-23/h5-11,15-17,23H,3-4,12-14,18H2,1-2H3. The highest BCUT2D eigenvalue weighted by atomic mass is 32.2. The molecule has 38 heavy (non-hydrogen) atoms. The Balaban J connectivity index is 1.51. The average molecular weight is 568 g/mol. The van der Waals surface area contributed by atoms with Crippen molar-refractivity contribution in [2.24, 2.45) is 0 Å². The SMILES string of the molecule is CCCCOc1ccc(-c2nn(-c3ccccc3)cc2C=C2SC(=S)N(C3CCS(=O)(=O)C3)C2=O)cc1C. The van der Waals surface area contributed by atoms with Crippen LogP contribution in [0.5, 0.6) is 5.75 Å². The number of unbranched alkanes of at least 4 members (excludes halogenated alkanes) is 1. The molecule has 3 aromatic rings. The lowest BCUT2D eigenvalue weighted by atomic mass is 10.0. The molecule has 1 aromatic heterocycles. The molecule has 1 atom stereocenters. The summed E-state index contributed by atoms with van der Waals surface area (Å²) in [6.07, 6.45) is 6.19. The van der Waals surface area contributed by atoms with Crippen LogP contribution in [0.4, 0.5) is 0 Å². The van der Waals surface area contributed by atoms with E-state index in [9.17, 15) is 13.2 Å². The molecule has 1 unspecified atom stereocenters. The molecule has 0 N–H and O–H groups in total. The summed E-state index contributed by atoms with van der Waals surface area (Å²) < 4.78 is 32.2. The van der Waals surface area contributed by atoms with Crippen LogP contribution in [0.2, 0.25) is 0 Å².